The van der Waals surface area contributed by atoms with E-state index in [-0.39, 0.29) is 11.3 Å². The van der Waals surface area contributed by atoms with Gasteiger partial charge in [-0.15, -0.1) is 0 Å². The Balaban J connectivity index is 2.33. The molecule has 0 saturated heterocycles. The van der Waals surface area contributed by atoms with Crippen LogP contribution in [0.2, 0.25) is 0 Å². The van der Waals surface area contributed by atoms with Gasteiger partial charge in [0.25, 0.3) is 0 Å². The highest BCUT2D eigenvalue weighted by Crippen LogP contribution is 2.64. The molecule has 1 aromatic rings. The molecule has 0 aromatic heterocycles. The summed E-state index contributed by atoms with van der Waals surface area (Å²) < 4.78 is 13.1. The Morgan fingerprint density at radius 1 is 1.44 bits per heavy atom. The maximum Gasteiger partial charge on any atom is 0.307 e. The normalized spacial score (nSPS) is 26.4. The van der Waals surface area contributed by atoms with Gasteiger partial charge in [-0.1, -0.05) is 19.9 Å². The van der Waals surface area contributed by atoms with Gasteiger partial charge in [-0.2, -0.15) is 0 Å². The van der Waals surface area contributed by atoms with Crippen LogP contribution in [0.3, 0.4) is 0 Å². The predicted octanol–water partition coefficient (Wildman–Crippen LogP) is 2.36. The predicted molar refractivity (Wildman–Crippen MR) is 55.7 cm³/mol. The van der Waals surface area contributed by atoms with Crippen molar-refractivity contribution in [2.45, 2.75) is 19.8 Å². The molecule has 86 valence electrons. The van der Waals surface area contributed by atoms with Crippen LogP contribution in [0.25, 0.3) is 0 Å². The van der Waals surface area contributed by atoms with E-state index in [0.29, 0.717) is 5.56 Å². The van der Waals surface area contributed by atoms with Crippen molar-refractivity contribution < 1.29 is 19.4 Å². The minimum atomic E-state index is -0.858. The number of carboxylic acids is 1. The van der Waals surface area contributed by atoms with E-state index in [2.05, 4.69) is 0 Å². The van der Waals surface area contributed by atoms with Crippen LogP contribution in [0.15, 0.2) is 18.2 Å². The zero-order chi connectivity index (χ0) is 12.1. The number of aliphatic carboxylic acids is 1. The van der Waals surface area contributed by atoms with Gasteiger partial charge in [0.05, 0.1) is 5.92 Å². The summed E-state index contributed by atoms with van der Waals surface area (Å²) in [5, 5.41) is 18.1. The number of carbonyl (C=O) groups is 1. The molecule has 2 N–H and O–H groups in total. The minimum Gasteiger partial charge on any atom is -0.505 e. The second-order valence-electron chi connectivity index (χ2n) is 4.83. The van der Waals surface area contributed by atoms with Gasteiger partial charge in [0, 0.05) is 5.92 Å². The molecule has 2 rings (SSSR count). The minimum absolute atomic E-state index is 0.180. The fourth-order valence-electron chi connectivity index (χ4n) is 2.44. The van der Waals surface area contributed by atoms with Crippen molar-refractivity contribution in [2.75, 3.05) is 0 Å². The lowest BCUT2D eigenvalue weighted by molar-refractivity contribution is -0.139. The standard InChI is InChI=1S/C12H13FO3/c1-12(2)9(10(12)11(15)16)6-3-4-8(14)7(13)5-6/h3-5,9-10,14H,1-2H3,(H,15,16)/t9-,10+/m1/s1. The highest BCUT2D eigenvalue weighted by atomic mass is 19.1. The van der Waals surface area contributed by atoms with Crippen LogP contribution in [0.4, 0.5) is 4.39 Å². The molecule has 0 radical (unpaired) electrons. The number of hydrogen-bond donors (Lipinski definition) is 2. The molecule has 1 saturated carbocycles. The first-order valence-electron chi connectivity index (χ1n) is 5.07. The molecule has 0 bridgehead atoms. The number of halogens is 1. The number of rotatable bonds is 2. The third-order valence-electron chi connectivity index (χ3n) is 3.42. The van der Waals surface area contributed by atoms with Crippen LogP contribution < -0.4 is 0 Å². The zero-order valence-corrected chi connectivity index (χ0v) is 9.07. The number of hydrogen-bond acceptors (Lipinski definition) is 2. The quantitative estimate of drug-likeness (QED) is 0.810. The summed E-state index contributed by atoms with van der Waals surface area (Å²) in [6.07, 6.45) is 0. The largest absolute Gasteiger partial charge is 0.505 e. The first kappa shape index (κ1) is 10.9. The molecule has 2 atom stereocenters. The van der Waals surface area contributed by atoms with Gasteiger partial charge in [0.15, 0.2) is 11.6 Å². The first-order chi connectivity index (χ1) is 7.35. The van der Waals surface area contributed by atoms with Crippen molar-refractivity contribution in [1.29, 1.82) is 0 Å². The van der Waals surface area contributed by atoms with Crippen molar-refractivity contribution in [1.82, 2.24) is 0 Å². The van der Waals surface area contributed by atoms with Crippen molar-refractivity contribution in [3.63, 3.8) is 0 Å². The Morgan fingerprint density at radius 3 is 2.50 bits per heavy atom. The Morgan fingerprint density at radius 2 is 2.06 bits per heavy atom. The summed E-state index contributed by atoms with van der Waals surface area (Å²) in [5.41, 5.74) is 0.280. The second-order valence-corrected chi connectivity index (χ2v) is 4.83. The highest BCUT2D eigenvalue weighted by molar-refractivity contribution is 5.77. The van der Waals surface area contributed by atoms with E-state index in [1.807, 2.05) is 13.8 Å². The Labute approximate surface area is 92.5 Å². The lowest BCUT2D eigenvalue weighted by Crippen LogP contribution is -2.03. The Hall–Kier alpha value is -1.58. The van der Waals surface area contributed by atoms with Crippen molar-refractivity contribution >= 4 is 5.97 Å². The van der Waals surface area contributed by atoms with Crippen molar-refractivity contribution in [2.24, 2.45) is 11.3 Å². The smallest absolute Gasteiger partial charge is 0.307 e. The van der Waals surface area contributed by atoms with Gasteiger partial charge in [0.2, 0.25) is 0 Å². The van der Waals surface area contributed by atoms with Gasteiger partial charge >= 0.3 is 5.97 Å². The lowest BCUT2D eigenvalue weighted by atomic mass is 10.0. The number of phenols is 1. The van der Waals surface area contributed by atoms with Gasteiger partial charge in [-0.3, -0.25) is 4.79 Å². The van der Waals surface area contributed by atoms with E-state index >= 15 is 0 Å². The molecule has 0 aliphatic heterocycles. The number of aromatic hydroxyl groups is 1. The summed E-state index contributed by atoms with van der Waals surface area (Å²) in [7, 11) is 0. The lowest BCUT2D eigenvalue weighted by Gasteiger charge is -2.03. The molecule has 0 heterocycles. The molecular formula is C12H13FO3. The van der Waals surface area contributed by atoms with E-state index in [1.54, 1.807) is 6.07 Å². The van der Waals surface area contributed by atoms with E-state index in [0.717, 1.165) is 0 Å². The summed E-state index contributed by atoms with van der Waals surface area (Å²) in [4.78, 5) is 11.0. The number of benzene rings is 1. The van der Waals surface area contributed by atoms with Crippen LogP contribution in [-0.4, -0.2) is 16.2 Å². The van der Waals surface area contributed by atoms with Gasteiger partial charge < -0.3 is 10.2 Å². The molecule has 1 fully saturated rings. The number of carboxylic acid groups (broad SMARTS) is 1. The second kappa shape index (κ2) is 3.20. The fraction of sp³-hybridized carbons (Fsp3) is 0.417. The topological polar surface area (TPSA) is 57.5 Å². The molecule has 1 aliphatic rings. The Bertz CT molecular complexity index is 454. The Kier molecular flexibility index (Phi) is 2.19. The van der Waals surface area contributed by atoms with E-state index < -0.39 is 23.5 Å². The summed E-state index contributed by atoms with van der Waals surface area (Å²) >= 11 is 0. The third-order valence-corrected chi connectivity index (χ3v) is 3.42. The molecule has 1 aliphatic carbocycles. The fourth-order valence-corrected chi connectivity index (χ4v) is 2.44. The van der Waals surface area contributed by atoms with Crippen LogP contribution >= 0.6 is 0 Å². The molecule has 4 heteroatoms. The van der Waals surface area contributed by atoms with Gasteiger partial charge in [-0.05, 0) is 23.1 Å². The highest BCUT2D eigenvalue weighted by Gasteiger charge is 2.62. The number of phenolic OH excluding ortho intramolecular Hbond substituents is 1. The van der Waals surface area contributed by atoms with Crippen molar-refractivity contribution in [3.8, 4) is 5.75 Å². The molecule has 0 amide bonds. The zero-order valence-electron chi connectivity index (χ0n) is 9.07. The average molecular weight is 224 g/mol. The van der Waals surface area contributed by atoms with E-state index in [1.165, 1.54) is 12.1 Å². The van der Waals surface area contributed by atoms with Crippen LogP contribution in [-0.2, 0) is 4.79 Å². The molecule has 0 spiro atoms. The third kappa shape index (κ3) is 1.45. The molecule has 16 heavy (non-hydrogen) atoms. The van der Waals surface area contributed by atoms with Crippen LogP contribution in [0.1, 0.15) is 25.3 Å². The monoisotopic (exact) mass is 224 g/mol. The average Bonchev–Trinajstić information content (AvgIpc) is 2.74. The molecule has 1 aromatic carbocycles. The van der Waals surface area contributed by atoms with Gasteiger partial charge in [-0.25, -0.2) is 4.39 Å². The summed E-state index contributed by atoms with van der Waals surface area (Å²) in [6.45, 7) is 3.70. The SMILES string of the molecule is CC1(C)[C@H](C(=O)O)[C@H]1c1ccc(O)c(F)c1. The molecule has 3 nitrogen and oxygen atoms in total. The van der Waals surface area contributed by atoms with Crippen LogP contribution in [0.5, 0.6) is 5.75 Å². The maximum atomic E-state index is 13.1. The summed E-state index contributed by atoms with van der Waals surface area (Å²) in [5.74, 6) is -2.63. The maximum absolute atomic E-state index is 13.1. The summed E-state index contributed by atoms with van der Waals surface area (Å²) in [6, 6.07) is 4.05. The van der Waals surface area contributed by atoms with E-state index in [4.69, 9.17) is 10.2 Å². The molecule has 0 unspecified atom stereocenters. The van der Waals surface area contributed by atoms with E-state index in [9.17, 15) is 9.18 Å². The first-order valence-corrected chi connectivity index (χ1v) is 5.07. The van der Waals surface area contributed by atoms with Crippen molar-refractivity contribution in [3.05, 3.63) is 29.6 Å². The molecular weight excluding hydrogens is 211 g/mol. The van der Waals surface area contributed by atoms with Crippen LogP contribution in [0, 0.1) is 17.2 Å². The van der Waals surface area contributed by atoms with Gasteiger partial charge in [0.1, 0.15) is 0 Å².